The molecule has 2 fully saturated rings. The van der Waals surface area contributed by atoms with Crippen molar-refractivity contribution in [2.45, 2.75) is 24.7 Å². The van der Waals surface area contributed by atoms with Crippen LogP contribution >= 0.6 is 15.9 Å². The number of benzene rings is 2. The van der Waals surface area contributed by atoms with Crippen LogP contribution in [0.5, 0.6) is 0 Å². The fraction of sp³-hybridized carbons (Fsp3) is 0.278. The number of fused-ring (bicyclic) bond motifs is 2. The highest BCUT2D eigenvalue weighted by Crippen LogP contribution is 2.42. The number of carbonyl (C=O) groups is 1. The molecule has 112 valence electrons. The molecule has 22 heavy (non-hydrogen) atoms. The van der Waals surface area contributed by atoms with Gasteiger partial charge in [0.1, 0.15) is 6.10 Å². The fourth-order valence-corrected chi connectivity index (χ4v) is 3.71. The average Bonchev–Trinajstić information content (AvgIpc) is 3.16. The number of amides is 1. The van der Waals surface area contributed by atoms with E-state index in [1.54, 1.807) is 0 Å². The second-order valence-corrected chi connectivity index (χ2v) is 6.77. The summed E-state index contributed by atoms with van der Waals surface area (Å²) in [5.41, 5.74) is 1.89. The van der Waals surface area contributed by atoms with Crippen LogP contribution in [0.1, 0.15) is 28.4 Å². The molecule has 2 aliphatic rings. The van der Waals surface area contributed by atoms with Crippen LogP contribution in [0.2, 0.25) is 0 Å². The molecule has 1 amide bonds. The highest BCUT2D eigenvalue weighted by Gasteiger charge is 2.48. The molecule has 2 saturated heterocycles. The number of halogens is 1. The molecule has 0 N–H and O–H groups in total. The summed E-state index contributed by atoms with van der Waals surface area (Å²) in [4.78, 5) is 14.7. The Kier molecular flexibility index (Phi) is 3.51. The van der Waals surface area contributed by atoms with Crippen molar-refractivity contribution in [3.8, 4) is 0 Å². The van der Waals surface area contributed by atoms with Gasteiger partial charge in [0.15, 0.2) is 0 Å². The minimum Gasteiger partial charge on any atom is -0.366 e. The Hall–Kier alpha value is -1.65. The standard InChI is InChI=1S/C18H16BrNO2/c19-14-8-6-12(7-9-14)17-16-10-15(22-17)11-20(16)18(21)13-4-2-1-3-5-13/h1-9,15-17H,10-11H2. The van der Waals surface area contributed by atoms with Gasteiger partial charge in [0.25, 0.3) is 5.91 Å². The normalized spacial score (nSPS) is 26.4. The van der Waals surface area contributed by atoms with E-state index in [1.807, 2.05) is 47.4 Å². The van der Waals surface area contributed by atoms with Crippen LogP contribution in [0, 0.1) is 0 Å². The van der Waals surface area contributed by atoms with Crippen molar-refractivity contribution < 1.29 is 9.53 Å². The van der Waals surface area contributed by atoms with Crippen LogP contribution in [0.15, 0.2) is 59.1 Å². The molecule has 4 heteroatoms. The van der Waals surface area contributed by atoms with Gasteiger partial charge in [0.2, 0.25) is 0 Å². The van der Waals surface area contributed by atoms with Crippen molar-refractivity contribution in [3.05, 3.63) is 70.2 Å². The van der Waals surface area contributed by atoms with E-state index in [0.29, 0.717) is 6.54 Å². The summed E-state index contributed by atoms with van der Waals surface area (Å²) in [5.74, 6) is 0.110. The number of likely N-dealkylation sites (tertiary alicyclic amines) is 1. The summed E-state index contributed by atoms with van der Waals surface area (Å²) >= 11 is 3.46. The number of morpholine rings is 1. The summed E-state index contributed by atoms with van der Waals surface area (Å²) in [5, 5.41) is 0. The lowest BCUT2D eigenvalue weighted by Crippen LogP contribution is -2.43. The Balaban J connectivity index is 1.59. The molecule has 2 heterocycles. The third-order valence-corrected chi connectivity index (χ3v) is 5.00. The van der Waals surface area contributed by atoms with Gasteiger partial charge in [-0.2, -0.15) is 0 Å². The van der Waals surface area contributed by atoms with Gasteiger partial charge in [0.05, 0.1) is 12.1 Å². The monoisotopic (exact) mass is 357 g/mol. The average molecular weight is 358 g/mol. The molecule has 0 aliphatic carbocycles. The molecule has 2 aliphatic heterocycles. The molecule has 0 radical (unpaired) electrons. The molecular formula is C18H16BrNO2. The van der Waals surface area contributed by atoms with Crippen LogP contribution in [-0.2, 0) is 4.74 Å². The minimum absolute atomic E-state index is 0.0143. The van der Waals surface area contributed by atoms with Crippen molar-refractivity contribution in [1.29, 1.82) is 0 Å². The van der Waals surface area contributed by atoms with Crippen LogP contribution in [0.25, 0.3) is 0 Å². The number of nitrogens with zero attached hydrogens (tertiary/aromatic N) is 1. The molecule has 2 aromatic rings. The second-order valence-electron chi connectivity index (χ2n) is 5.86. The first-order chi connectivity index (χ1) is 10.7. The molecule has 3 atom stereocenters. The third kappa shape index (κ3) is 2.36. The number of hydrogen-bond acceptors (Lipinski definition) is 2. The zero-order chi connectivity index (χ0) is 15.1. The molecule has 0 saturated carbocycles. The van der Waals surface area contributed by atoms with E-state index in [1.165, 1.54) is 0 Å². The Labute approximate surface area is 138 Å². The highest BCUT2D eigenvalue weighted by molar-refractivity contribution is 9.10. The van der Waals surface area contributed by atoms with Gasteiger partial charge in [-0.1, -0.05) is 46.3 Å². The van der Waals surface area contributed by atoms with E-state index < -0.39 is 0 Å². The van der Waals surface area contributed by atoms with Crippen LogP contribution in [0.4, 0.5) is 0 Å². The van der Waals surface area contributed by atoms with Gasteiger partial charge >= 0.3 is 0 Å². The first-order valence-corrected chi connectivity index (χ1v) is 8.28. The first-order valence-electron chi connectivity index (χ1n) is 7.49. The fourth-order valence-electron chi connectivity index (χ4n) is 3.44. The molecule has 0 aromatic heterocycles. The Bertz CT molecular complexity index is 686. The van der Waals surface area contributed by atoms with Crippen LogP contribution in [-0.4, -0.2) is 29.5 Å². The van der Waals surface area contributed by atoms with Gasteiger partial charge in [-0.25, -0.2) is 0 Å². The van der Waals surface area contributed by atoms with Crippen LogP contribution < -0.4 is 0 Å². The highest BCUT2D eigenvalue weighted by atomic mass is 79.9. The predicted molar refractivity (Wildman–Crippen MR) is 87.6 cm³/mol. The predicted octanol–water partition coefficient (Wildman–Crippen LogP) is 3.80. The Morgan fingerprint density at radius 1 is 1.09 bits per heavy atom. The Morgan fingerprint density at radius 2 is 1.82 bits per heavy atom. The minimum atomic E-state index is -0.0143. The maximum atomic E-state index is 12.7. The zero-order valence-electron chi connectivity index (χ0n) is 12.0. The Morgan fingerprint density at radius 3 is 2.50 bits per heavy atom. The van der Waals surface area contributed by atoms with E-state index >= 15 is 0 Å². The van der Waals surface area contributed by atoms with Crippen molar-refractivity contribution in [1.82, 2.24) is 4.90 Å². The molecule has 3 unspecified atom stereocenters. The molecule has 0 spiro atoms. The lowest BCUT2D eigenvalue weighted by atomic mass is 10.0. The summed E-state index contributed by atoms with van der Waals surface area (Å²) in [6.07, 6.45) is 1.07. The number of ether oxygens (including phenoxy) is 1. The molecule has 2 bridgehead atoms. The van der Waals surface area contributed by atoms with Crippen LogP contribution in [0.3, 0.4) is 0 Å². The maximum Gasteiger partial charge on any atom is 0.254 e. The second kappa shape index (κ2) is 5.52. The van der Waals surface area contributed by atoms with E-state index in [2.05, 4.69) is 28.1 Å². The molecule has 2 aromatic carbocycles. The largest absolute Gasteiger partial charge is 0.366 e. The SMILES string of the molecule is O=C(c1ccccc1)N1CC2CC1C(c1ccc(Br)cc1)O2. The van der Waals surface area contributed by atoms with Gasteiger partial charge in [-0.3, -0.25) is 4.79 Å². The zero-order valence-corrected chi connectivity index (χ0v) is 13.6. The van der Waals surface area contributed by atoms with Gasteiger partial charge in [-0.15, -0.1) is 0 Å². The number of carbonyl (C=O) groups excluding carboxylic acids is 1. The quantitative estimate of drug-likeness (QED) is 0.817. The number of rotatable bonds is 2. The summed E-state index contributed by atoms with van der Waals surface area (Å²) in [6, 6.07) is 17.8. The number of hydrogen-bond donors (Lipinski definition) is 0. The smallest absolute Gasteiger partial charge is 0.254 e. The van der Waals surface area contributed by atoms with Crippen molar-refractivity contribution in [3.63, 3.8) is 0 Å². The van der Waals surface area contributed by atoms with E-state index in [4.69, 9.17) is 4.74 Å². The van der Waals surface area contributed by atoms with Crippen molar-refractivity contribution >= 4 is 21.8 Å². The molecule has 3 nitrogen and oxygen atoms in total. The first kappa shape index (κ1) is 14.0. The van der Waals surface area contributed by atoms with Crippen molar-refractivity contribution in [2.24, 2.45) is 0 Å². The van der Waals surface area contributed by atoms with Gasteiger partial charge in [-0.05, 0) is 36.2 Å². The topological polar surface area (TPSA) is 29.5 Å². The van der Waals surface area contributed by atoms with Gasteiger partial charge < -0.3 is 9.64 Å². The lowest BCUT2D eigenvalue weighted by Gasteiger charge is -2.33. The summed E-state index contributed by atoms with van der Waals surface area (Å²) in [7, 11) is 0. The van der Waals surface area contributed by atoms with Gasteiger partial charge in [0, 0.05) is 16.6 Å². The van der Waals surface area contributed by atoms with E-state index in [0.717, 1.165) is 22.0 Å². The van der Waals surface area contributed by atoms with E-state index in [-0.39, 0.29) is 24.2 Å². The maximum absolute atomic E-state index is 12.7. The lowest BCUT2D eigenvalue weighted by molar-refractivity contribution is -0.0280. The molecular weight excluding hydrogens is 342 g/mol. The summed E-state index contributed by atoms with van der Waals surface area (Å²) < 4.78 is 7.15. The molecule has 4 rings (SSSR count). The van der Waals surface area contributed by atoms with E-state index in [9.17, 15) is 4.79 Å². The van der Waals surface area contributed by atoms with Crippen molar-refractivity contribution in [2.75, 3.05) is 6.54 Å². The third-order valence-electron chi connectivity index (χ3n) is 4.47. The summed E-state index contributed by atoms with van der Waals surface area (Å²) in [6.45, 7) is 0.700.